The molecule has 0 bridgehead atoms. The Morgan fingerprint density at radius 3 is 1.86 bits per heavy atom. The predicted octanol–water partition coefficient (Wildman–Crippen LogP) is 3.14. The highest BCUT2D eigenvalue weighted by atomic mass is 32.2. The molecule has 0 spiro atoms. The van der Waals surface area contributed by atoms with Gasteiger partial charge in [0.25, 0.3) is 0 Å². The van der Waals surface area contributed by atoms with Crippen LogP contribution < -0.4 is 4.74 Å². The molecule has 0 amide bonds. The normalized spacial score (nSPS) is 14.4. The molecular weight excluding hydrogens is 472 g/mol. The molecule has 1 saturated heterocycles. The van der Waals surface area contributed by atoms with E-state index in [1.807, 2.05) is 54.6 Å². The molecule has 1 fully saturated rings. The van der Waals surface area contributed by atoms with Gasteiger partial charge in [-0.2, -0.15) is 4.31 Å². The molecule has 10 heteroatoms. The Balaban J connectivity index is 0.000000509. The highest BCUT2D eigenvalue weighted by molar-refractivity contribution is 7.89. The number of para-hydroxylation sites is 1. The van der Waals surface area contributed by atoms with Crippen LogP contribution in [0, 0.1) is 0 Å². The number of piperazine rings is 1. The molecule has 1 aliphatic rings. The van der Waals surface area contributed by atoms with Gasteiger partial charge in [-0.1, -0.05) is 48.5 Å². The maximum absolute atomic E-state index is 12.8. The first-order valence-electron chi connectivity index (χ1n) is 10.8. The van der Waals surface area contributed by atoms with Crippen LogP contribution in [0.4, 0.5) is 0 Å². The summed E-state index contributed by atoms with van der Waals surface area (Å²) in [5.41, 5.74) is 1.15. The molecule has 0 atom stereocenters. The molecule has 2 N–H and O–H groups in total. The Bertz CT molecular complexity index is 1210. The molecule has 0 radical (unpaired) electrons. The largest absolute Gasteiger partial charge is 0.473 e. The number of nitrogens with zero attached hydrogens (tertiary/aromatic N) is 2. The fraction of sp³-hybridized carbons (Fsp3) is 0.200. The number of benzene rings is 3. The van der Waals surface area contributed by atoms with Gasteiger partial charge in [-0.25, -0.2) is 18.0 Å². The Labute approximate surface area is 203 Å². The third-order valence-electron chi connectivity index (χ3n) is 5.18. The number of carboxylic acids is 2. The van der Waals surface area contributed by atoms with E-state index in [4.69, 9.17) is 24.5 Å². The standard InChI is InChI=1S/C23H24N2O3S.C2H2O4/c26-29(27,23-12-5-2-6-13-23)25-16-14-24(15-17-25)19-20-8-7-11-22(18-20)28-21-9-3-1-4-10-21;3-1(4)2(5)6/h1-13,18H,14-17,19H2;(H,3,4)(H,5,6). The zero-order valence-corrected chi connectivity index (χ0v) is 19.7. The lowest BCUT2D eigenvalue weighted by Gasteiger charge is -2.34. The predicted molar refractivity (Wildman–Crippen MR) is 129 cm³/mol. The molecule has 3 aromatic carbocycles. The molecule has 35 heavy (non-hydrogen) atoms. The van der Waals surface area contributed by atoms with E-state index in [9.17, 15) is 8.42 Å². The first kappa shape index (κ1) is 25.9. The number of carbonyl (C=O) groups is 2. The number of sulfonamides is 1. The van der Waals surface area contributed by atoms with E-state index in [1.54, 1.807) is 28.6 Å². The maximum atomic E-state index is 12.8. The summed E-state index contributed by atoms with van der Waals surface area (Å²) < 4.78 is 33.0. The second-order valence-electron chi connectivity index (χ2n) is 7.67. The molecule has 4 rings (SSSR count). The number of ether oxygens (including phenoxy) is 1. The fourth-order valence-electron chi connectivity index (χ4n) is 3.46. The summed E-state index contributed by atoms with van der Waals surface area (Å²) >= 11 is 0. The monoisotopic (exact) mass is 498 g/mol. The summed E-state index contributed by atoms with van der Waals surface area (Å²) in [7, 11) is -3.41. The van der Waals surface area contributed by atoms with Crippen molar-refractivity contribution in [2.45, 2.75) is 11.4 Å². The van der Waals surface area contributed by atoms with Crippen molar-refractivity contribution in [2.75, 3.05) is 26.2 Å². The second-order valence-corrected chi connectivity index (χ2v) is 9.60. The topological polar surface area (TPSA) is 124 Å². The van der Waals surface area contributed by atoms with Crippen LogP contribution in [-0.2, 0) is 26.2 Å². The van der Waals surface area contributed by atoms with Gasteiger partial charge in [0.05, 0.1) is 4.90 Å². The molecule has 0 saturated carbocycles. The van der Waals surface area contributed by atoms with Gasteiger partial charge in [-0.3, -0.25) is 4.90 Å². The Hall–Kier alpha value is -3.73. The van der Waals surface area contributed by atoms with Crippen LogP contribution in [0.1, 0.15) is 5.56 Å². The third kappa shape index (κ3) is 7.64. The molecule has 1 aliphatic heterocycles. The van der Waals surface area contributed by atoms with E-state index >= 15 is 0 Å². The Morgan fingerprint density at radius 2 is 1.29 bits per heavy atom. The van der Waals surface area contributed by atoms with E-state index in [2.05, 4.69) is 11.0 Å². The van der Waals surface area contributed by atoms with Crippen molar-refractivity contribution in [1.82, 2.24) is 9.21 Å². The Kier molecular flexibility index (Phi) is 8.96. The summed E-state index contributed by atoms with van der Waals surface area (Å²) in [6, 6.07) is 26.4. The summed E-state index contributed by atoms with van der Waals surface area (Å²) in [5.74, 6) is -2.03. The average molecular weight is 499 g/mol. The van der Waals surface area contributed by atoms with Gasteiger partial charge in [-0.15, -0.1) is 0 Å². The van der Waals surface area contributed by atoms with Crippen LogP contribution in [0.5, 0.6) is 11.5 Å². The molecule has 1 heterocycles. The van der Waals surface area contributed by atoms with Crippen LogP contribution in [-0.4, -0.2) is 66.0 Å². The van der Waals surface area contributed by atoms with Crippen molar-refractivity contribution in [3.63, 3.8) is 0 Å². The van der Waals surface area contributed by atoms with Crippen LogP contribution >= 0.6 is 0 Å². The lowest BCUT2D eigenvalue weighted by atomic mass is 10.2. The number of rotatable bonds is 6. The van der Waals surface area contributed by atoms with E-state index in [0.717, 1.165) is 23.6 Å². The average Bonchev–Trinajstić information content (AvgIpc) is 2.86. The maximum Gasteiger partial charge on any atom is 0.414 e. The van der Waals surface area contributed by atoms with E-state index in [0.29, 0.717) is 31.1 Å². The number of aliphatic carboxylic acids is 2. The van der Waals surface area contributed by atoms with Gasteiger partial charge < -0.3 is 14.9 Å². The first-order chi connectivity index (χ1) is 16.8. The van der Waals surface area contributed by atoms with Crippen LogP contribution in [0.25, 0.3) is 0 Å². The van der Waals surface area contributed by atoms with Crippen LogP contribution in [0.15, 0.2) is 89.8 Å². The summed E-state index contributed by atoms with van der Waals surface area (Å²) in [6.45, 7) is 3.17. The van der Waals surface area contributed by atoms with Crippen molar-refractivity contribution in [2.24, 2.45) is 0 Å². The molecule has 0 aromatic heterocycles. The summed E-state index contributed by atoms with van der Waals surface area (Å²) in [5, 5.41) is 14.8. The van der Waals surface area contributed by atoms with Crippen molar-refractivity contribution < 1.29 is 33.0 Å². The minimum Gasteiger partial charge on any atom is -0.473 e. The minimum absolute atomic E-state index is 0.360. The number of hydrogen-bond acceptors (Lipinski definition) is 6. The van der Waals surface area contributed by atoms with Gasteiger partial charge >= 0.3 is 11.9 Å². The van der Waals surface area contributed by atoms with Crippen LogP contribution in [0.3, 0.4) is 0 Å². The highest BCUT2D eigenvalue weighted by Gasteiger charge is 2.28. The second kappa shape index (κ2) is 12.1. The molecule has 0 unspecified atom stereocenters. The highest BCUT2D eigenvalue weighted by Crippen LogP contribution is 2.23. The minimum atomic E-state index is -3.41. The number of carboxylic acid groups (broad SMARTS) is 2. The van der Waals surface area contributed by atoms with Gasteiger partial charge in [0.1, 0.15) is 11.5 Å². The quantitative estimate of drug-likeness (QED) is 0.497. The van der Waals surface area contributed by atoms with Gasteiger partial charge in [-0.05, 0) is 42.0 Å². The molecule has 0 aliphatic carbocycles. The van der Waals surface area contributed by atoms with Crippen molar-refractivity contribution >= 4 is 22.0 Å². The molecule has 184 valence electrons. The first-order valence-corrected chi connectivity index (χ1v) is 12.3. The van der Waals surface area contributed by atoms with Crippen molar-refractivity contribution in [1.29, 1.82) is 0 Å². The van der Waals surface area contributed by atoms with E-state index < -0.39 is 22.0 Å². The zero-order chi connectivity index (χ0) is 25.3. The molecule has 3 aromatic rings. The number of hydrogen-bond donors (Lipinski definition) is 2. The van der Waals surface area contributed by atoms with Crippen molar-refractivity contribution in [3.05, 3.63) is 90.5 Å². The SMILES string of the molecule is O=C(O)C(=O)O.O=S(=O)(c1ccccc1)N1CCN(Cc2cccc(Oc3ccccc3)c2)CC1. The van der Waals surface area contributed by atoms with Gasteiger partial charge in [0.15, 0.2) is 0 Å². The zero-order valence-electron chi connectivity index (χ0n) is 18.9. The van der Waals surface area contributed by atoms with Gasteiger partial charge in [0.2, 0.25) is 10.0 Å². The van der Waals surface area contributed by atoms with Crippen molar-refractivity contribution in [3.8, 4) is 11.5 Å². The molecule has 9 nitrogen and oxygen atoms in total. The van der Waals surface area contributed by atoms with Crippen LogP contribution in [0.2, 0.25) is 0 Å². The summed E-state index contributed by atoms with van der Waals surface area (Å²) in [4.78, 5) is 20.8. The lowest BCUT2D eigenvalue weighted by molar-refractivity contribution is -0.159. The third-order valence-corrected chi connectivity index (χ3v) is 7.09. The molecular formula is C25H26N2O7S. The Morgan fingerprint density at radius 1 is 0.743 bits per heavy atom. The van der Waals surface area contributed by atoms with Gasteiger partial charge in [0, 0.05) is 32.7 Å². The smallest absolute Gasteiger partial charge is 0.414 e. The van der Waals surface area contributed by atoms with E-state index in [-0.39, 0.29) is 0 Å². The fourth-order valence-corrected chi connectivity index (χ4v) is 4.90. The summed E-state index contributed by atoms with van der Waals surface area (Å²) in [6.07, 6.45) is 0. The van der Waals surface area contributed by atoms with E-state index in [1.165, 1.54) is 0 Å². The lowest BCUT2D eigenvalue weighted by Crippen LogP contribution is -2.48.